The van der Waals surface area contributed by atoms with Gasteiger partial charge in [0.15, 0.2) is 11.6 Å². The molecule has 0 fully saturated rings. The Balaban J connectivity index is 1.94. The van der Waals surface area contributed by atoms with E-state index in [0.717, 1.165) is 22.9 Å². The maximum atomic E-state index is 14.1. The second-order valence-corrected chi connectivity index (χ2v) is 6.58. The lowest BCUT2D eigenvalue weighted by molar-refractivity contribution is 0.588. The predicted molar refractivity (Wildman–Crippen MR) is 94.8 cm³/mol. The fraction of sp³-hybridized carbons (Fsp3) is 0.0588. The van der Waals surface area contributed by atoms with E-state index >= 15 is 0 Å². The van der Waals surface area contributed by atoms with Crippen molar-refractivity contribution >= 4 is 23.1 Å². The molecule has 4 heterocycles. The van der Waals surface area contributed by atoms with Gasteiger partial charge >= 0.3 is 0 Å². The number of nitrogens with two attached hydrogens (primary N) is 1. The number of nitriles is 1. The van der Waals surface area contributed by atoms with E-state index in [-0.39, 0.29) is 5.03 Å². The Morgan fingerprint density at radius 3 is 2.88 bits per heavy atom. The van der Waals surface area contributed by atoms with Crippen molar-refractivity contribution in [3.63, 3.8) is 0 Å². The zero-order valence-electron chi connectivity index (χ0n) is 13.6. The monoisotopic (exact) mass is 365 g/mol. The lowest BCUT2D eigenvalue weighted by atomic mass is 10.1. The van der Waals surface area contributed by atoms with Gasteiger partial charge < -0.3 is 5.73 Å². The molecule has 0 saturated carbocycles. The van der Waals surface area contributed by atoms with Crippen molar-refractivity contribution < 1.29 is 4.39 Å². The zero-order valence-corrected chi connectivity index (χ0v) is 14.4. The van der Waals surface area contributed by atoms with E-state index in [2.05, 4.69) is 21.3 Å². The first-order valence-electron chi connectivity index (χ1n) is 7.56. The molecule has 0 radical (unpaired) electrons. The summed E-state index contributed by atoms with van der Waals surface area (Å²) in [6, 6.07) is 6.82. The molecule has 0 atom stereocenters. The molecule has 128 valence electrons. The maximum absolute atomic E-state index is 14.1. The number of anilines is 1. The number of fused-ring (bicyclic) bond motifs is 1. The summed E-state index contributed by atoms with van der Waals surface area (Å²) in [5, 5.41) is 18.0. The number of aromatic nitrogens is 5. The molecule has 0 aromatic carbocycles. The minimum absolute atomic E-state index is 0.218. The van der Waals surface area contributed by atoms with Crippen LogP contribution in [0.2, 0.25) is 0 Å². The number of pyridine rings is 2. The van der Waals surface area contributed by atoms with Gasteiger partial charge in [0.25, 0.3) is 0 Å². The van der Waals surface area contributed by atoms with Gasteiger partial charge in [-0.05, 0) is 18.2 Å². The third-order valence-corrected chi connectivity index (χ3v) is 4.82. The van der Waals surface area contributed by atoms with Gasteiger partial charge in [-0.25, -0.2) is 13.9 Å². The number of halogens is 1. The second-order valence-electron chi connectivity index (χ2n) is 5.55. The van der Waals surface area contributed by atoms with Gasteiger partial charge in [0.2, 0.25) is 0 Å². The van der Waals surface area contributed by atoms with Gasteiger partial charge in [-0.2, -0.15) is 15.5 Å². The molecule has 4 aromatic rings. The molecule has 4 rings (SSSR count). The highest BCUT2D eigenvalue weighted by molar-refractivity contribution is 7.99. The Kier molecular flexibility index (Phi) is 3.82. The molecule has 7 nitrogen and oxygen atoms in total. The first-order chi connectivity index (χ1) is 12.6. The zero-order chi connectivity index (χ0) is 18.3. The van der Waals surface area contributed by atoms with Gasteiger partial charge in [0, 0.05) is 41.7 Å². The Morgan fingerprint density at radius 2 is 2.19 bits per heavy atom. The summed E-state index contributed by atoms with van der Waals surface area (Å²) in [6.07, 6.45) is 6.56. The molecule has 0 amide bonds. The van der Waals surface area contributed by atoms with Crippen molar-refractivity contribution in [2.45, 2.75) is 9.92 Å². The third kappa shape index (κ3) is 2.66. The van der Waals surface area contributed by atoms with E-state index < -0.39 is 5.82 Å². The van der Waals surface area contributed by atoms with Gasteiger partial charge in [-0.1, -0.05) is 11.8 Å². The first kappa shape index (κ1) is 16.1. The maximum Gasteiger partial charge on any atom is 0.155 e. The molecule has 0 aliphatic rings. The Hall–Kier alpha value is -3.38. The van der Waals surface area contributed by atoms with Crippen LogP contribution in [0.15, 0.2) is 52.9 Å². The van der Waals surface area contributed by atoms with Crippen LogP contribution in [0.25, 0.3) is 16.6 Å². The largest absolute Gasteiger partial charge is 0.382 e. The van der Waals surface area contributed by atoms with E-state index in [9.17, 15) is 9.65 Å². The van der Waals surface area contributed by atoms with Crippen LogP contribution in [0.4, 0.5) is 10.2 Å². The van der Waals surface area contributed by atoms with Crippen molar-refractivity contribution in [3.05, 3.63) is 54.4 Å². The summed E-state index contributed by atoms with van der Waals surface area (Å²) in [7, 11) is 1.78. The average Bonchev–Trinajstić information content (AvgIpc) is 3.19. The highest BCUT2D eigenvalue weighted by atomic mass is 32.2. The van der Waals surface area contributed by atoms with Crippen LogP contribution in [0.5, 0.6) is 0 Å². The lowest BCUT2D eigenvalue weighted by Gasteiger charge is -2.08. The first-order valence-corrected chi connectivity index (χ1v) is 8.38. The fourth-order valence-electron chi connectivity index (χ4n) is 2.67. The molecule has 4 aromatic heterocycles. The highest BCUT2D eigenvalue weighted by Gasteiger charge is 2.17. The Labute approximate surface area is 151 Å². The van der Waals surface area contributed by atoms with Crippen molar-refractivity contribution in [1.82, 2.24) is 24.4 Å². The number of rotatable bonds is 3. The van der Waals surface area contributed by atoms with Crippen molar-refractivity contribution in [2.75, 3.05) is 5.73 Å². The molecule has 0 unspecified atom stereocenters. The van der Waals surface area contributed by atoms with Crippen LogP contribution in [-0.2, 0) is 7.05 Å². The van der Waals surface area contributed by atoms with E-state index in [1.54, 1.807) is 28.6 Å². The summed E-state index contributed by atoms with van der Waals surface area (Å²) >= 11 is 1.13. The van der Waals surface area contributed by atoms with Crippen LogP contribution < -0.4 is 5.73 Å². The standard InChI is InChI=1S/C17H12FN7S/c1-24-9-12(16(20)23-24)10-5-14(26-17-13(18)3-2-4-21-17)15-11(6-19)7-22-25(15)8-10/h2-5,7-9H,1H3,(H2,20,23). The number of hydrogen-bond donors (Lipinski definition) is 1. The van der Waals surface area contributed by atoms with Gasteiger partial charge in [-0.15, -0.1) is 0 Å². The summed E-state index contributed by atoms with van der Waals surface area (Å²) in [5.74, 6) is -0.0561. The summed E-state index contributed by atoms with van der Waals surface area (Å²) in [4.78, 5) is 4.73. The molecule has 26 heavy (non-hydrogen) atoms. The van der Waals surface area contributed by atoms with Crippen molar-refractivity contribution in [3.8, 4) is 17.2 Å². The van der Waals surface area contributed by atoms with E-state index in [1.165, 1.54) is 24.5 Å². The average molecular weight is 365 g/mol. The van der Waals surface area contributed by atoms with Gasteiger partial charge in [-0.3, -0.25) is 4.68 Å². The molecule has 0 aliphatic carbocycles. The van der Waals surface area contributed by atoms with Gasteiger partial charge in [0.05, 0.1) is 17.3 Å². The number of hydrogen-bond acceptors (Lipinski definition) is 6. The summed E-state index contributed by atoms with van der Waals surface area (Å²) in [6.45, 7) is 0. The second kappa shape index (κ2) is 6.16. The minimum Gasteiger partial charge on any atom is -0.382 e. The smallest absolute Gasteiger partial charge is 0.155 e. The quantitative estimate of drug-likeness (QED) is 0.599. The topological polar surface area (TPSA) is 97.8 Å². The molecule has 9 heteroatoms. The van der Waals surface area contributed by atoms with E-state index in [1.807, 2.05) is 6.07 Å². The van der Waals surface area contributed by atoms with Crippen LogP contribution in [-0.4, -0.2) is 24.4 Å². The molecule has 0 aliphatic heterocycles. The van der Waals surface area contributed by atoms with Crippen LogP contribution in [0, 0.1) is 17.1 Å². The molecular weight excluding hydrogens is 353 g/mol. The van der Waals surface area contributed by atoms with E-state index in [0.29, 0.717) is 21.8 Å². The number of nitrogen functional groups attached to an aromatic ring is 1. The Morgan fingerprint density at radius 1 is 1.35 bits per heavy atom. The predicted octanol–water partition coefficient (Wildman–Crippen LogP) is 2.87. The summed E-state index contributed by atoms with van der Waals surface area (Å²) in [5.41, 5.74) is 8.46. The van der Waals surface area contributed by atoms with Crippen molar-refractivity contribution in [2.24, 2.45) is 7.05 Å². The fourth-order valence-corrected chi connectivity index (χ4v) is 3.64. The molecule has 0 spiro atoms. The van der Waals surface area contributed by atoms with Crippen LogP contribution in [0.3, 0.4) is 0 Å². The Bertz CT molecular complexity index is 1170. The highest BCUT2D eigenvalue weighted by Crippen LogP contribution is 2.36. The molecular formula is C17H12FN7S. The van der Waals surface area contributed by atoms with Crippen LogP contribution >= 0.6 is 11.8 Å². The van der Waals surface area contributed by atoms with Gasteiger partial charge in [0.1, 0.15) is 11.1 Å². The molecule has 2 N–H and O–H groups in total. The molecule has 0 saturated heterocycles. The van der Waals surface area contributed by atoms with Crippen LogP contribution in [0.1, 0.15) is 5.56 Å². The minimum atomic E-state index is -0.431. The third-order valence-electron chi connectivity index (χ3n) is 3.80. The van der Waals surface area contributed by atoms with E-state index in [4.69, 9.17) is 5.73 Å². The SMILES string of the molecule is Cn1cc(-c2cc(Sc3ncccc3F)c3c(C#N)cnn3c2)c(N)n1. The molecule has 0 bridgehead atoms. The summed E-state index contributed by atoms with van der Waals surface area (Å²) < 4.78 is 17.3. The number of aryl methyl sites for hydroxylation is 1. The lowest BCUT2D eigenvalue weighted by Crippen LogP contribution is -1.95. The number of nitrogens with zero attached hydrogens (tertiary/aromatic N) is 6. The van der Waals surface area contributed by atoms with Crippen molar-refractivity contribution in [1.29, 1.82) is 5.26 Å². The normalized spacial score (nSPS) is 11.0.